The third-order valence-electron chi connectivity index (χ3n) is 9.06. The molecule has 3 atom stereocenters. The Morgan fingerprint density at radius 2 is 1.85 bits per heavy atom. The molecule has 2 aliphatic rings. The second-order valence-corrected chi connectivity index (χ2v) is 13.1. The van der Waals surface area contributed by atoms with Gasteiger partial charge in [0, 0.05) is 18.4 Å². The van der Waals surface area contributed by atoms with Crippen molar-refractivity contribution >= 4 is 45.9 Å². The number of aromatic nitrogens is 4. The lowest BCUT2D eigenvalue weighted by Gasteiger charge is -2.27. The number of amides is 4. The van der Waals surface area contributed by atoms with Gasteiger partial charge in [-0.05, 0) is 50.6 Å². The molecule has 0 bridgehead atoms. The molecule has 4 amide bonds. The molecule has 0 spiro atoms. The number of aromatic amines is 1. The zero-order valence-electron chi connectivity index (χ0n) is 27.1. The molecule has 48 heavy (non-hydrogen) atoms. The van der Waals surface area contributed by atoms with E-state index < -0.39 is 58.7 Å². The summed E-state index contributed by atoms with van der Waals surface area (Å²) in [6, 6.07) is 5.23. The van der Waals surface area contributed by atoms with E-state index in [1.807, 2.05) is 0 Å². The second kappa shape index (κ2) is 14.0. The molecule has 15 heteroatoms. The molecule has 15 nitrogen and oxygen atoms in total. The number of fused-ring (bicyclic) bond motifs is 1. The van der Waals surface area contributed by atoms with Gasteiger partial charge in [-0.3, -0.25) is 28.8 Å². The molecule has 2 aromatic heterocycles. The van der Waals surface area contributed by atoms with E-state index in [1.54, 1.807) is 38.1 Å². The minimum absolute atomic E-state index is 0.0180. The molecular formula is C33H40N8O7. The van der Waals surface area contributed by atoms with Crippen LogP contribution in [-0.4, -0.2) is 83.7 Å². The molecule has 0 radical (unpaired) electrons. The number of rotatable bonds is 10. The van der Waals surface area contributed by atoms with Crippen LogP contribution in [0.2, 0.25) is 0 Å². The van der Waals surface area contributed by atoms with E-state index in [2.05, 4.69) is 25.6 Å². The lowest BCUT2D eigenvalue weighted by atomic mass is 9.85. The van der Waals surface area contributed by atoms with Gasteiger partial charge < -0.3 is 26.0 Å². The largest absolute Gasteiger partial charge is 0.384 e. The number of H-pyrrole nitrogens is 1. The molecule has 1 saturated carbocycles. The van der Waals surface area contributed by atoms with Crippen LogP contribution in [0.3, 0.4) is 0 Å². The van der Waals surface area contributed by atoms with Gasteiger partial charge in [-0.1, -0.05) is 55.5 Å². The van der Waals surface area contributed by atoms with E-state index in [0.717, 1.165) is 32.1 Å². The van der Waals surface area contributed by atoms with Crippen molar-refractivity contribution < 1.29 is 29.1 Å². The zero-order chi connectivity index (χ0) is 34.7. The van der Waals surface area contributed by atoms with E-state index in [1.165, 1.54) is 28.8 Å². The van der Waals surface area contributed by atoms with Crippen LogP contribution in [-0.2, 0) is 24.8 Å². The van der Waals surface area contributed by atoms with Gasteiger partial charge in [-0.2, -0.15) is 0 Å². The number of ketones is 1. The average molecular weight is 661 g/mol. The number of nitrogens with one attached hydrogen (secondary N) is 2. The van der Waals surface area contributed by atoms with Crippen molar-refractivity contribution in [2.75, 3.05) is 6.54 Å². The molecule has 3 heterocycles. The summed E-state index contributed by atoms with van der Waals surface area (Å²) in [5.74, 6) is -4.36. The first kappa shape index (κ1) is 34.3. The van der Waals surface area contributed by atoms with Crippen LogP contribution < -0.4 is 16.6 Å². The first-order valence-electron chi connectivity index (χ1n) is 16.1. The maximum Gasteiger partial charge on any atom is 0.293 e. The smallest absolute Gasteiger partial charge is 0.293 e. The Balaban J connectivity index is 1.52. The molecule has 1 aromatic carbocycles. The predicted molar refractivity (Wildman–Crippen MR) is 174 cm³/mol. The number of Topliss-reactive ketones (excluding diaryl/α,β-unsaturated/α-hetero) is 1. The van der Waals surface area contributed by atoms with Crippen LogP contribution in [0.5, 0.6) is 0 Å². The number of aliphatic imine (C=N–C) groups is 1. The van der Waals surface area contributed by atoms with Gasteiger partial charge in [0.1, 0.15) is 23.0 Å². The van der Waals surface area contributed by atoms with Crippen molar-refractivity contribution in [1.82, 2.24) is 30.2 Å². The summed E-state index contributed by atoms with van der Waals surface area (Å²) in [7, 11) is 0. The highest BCUT2D eigenvalue weighted by Gasteiger charge is 2.44. The summed E-state index contributed by atoms with van der Waals surface area (Å²) in [5, 5.41) is 22.2. The molecule has 1 unspecified atom stereocenters. The fourth-order valence-corrected chi connectivity index (χ4v) is 6.52. The predicted octanol–water partition coefficient (Wildman–Crippen LogP) is 1.30. The molecular weight excluding hydrogens is 620 g/mol. The molecule has 1 saturated heterocycles. The van der Waals surface area contributed by atoms with Crippen molar-refractivity contribution in [2.45, 2.75) is 89.4 Å². The molecule has 5 rings (SSSR count). The number of likely N-dealkylation sites (tertiary alicyclic amines) is 1. The quantitative estimate of drug-likeness (QED) is 0.181. The number of hydrogen-bond donors (Lipinski definition) is 4. The fraction of sp³-hybridized carbons (Fsp3) is 0.485. The lowest BCUT2D eigenvalue weighted by Crippen LogP contribution is -2.52. The molecule has 3 aromatic rings. The highest BCUT2D eigenvalue weighted by molar-refractivity contribution is 6.41. The third kappa shape index (κ3) is 7.40. The van der Waals surface area contributed by atoms with Crippen LogP contribution in [0.15, 0.2) is 46.3 Å². The van der Waals surface area contributed by atoms with Crippen molar-refractivity contribution in [3.8, 4) is 0 Å². The number of nitrogens with zero attached hydrogens (tertiary/aromatic N) is 5. The normalized spacial score (nSPS) is 19.7. The van der Waals surface area contributed by atoms with Crippen LogP contribution in [0.4, 0.5) is 0 Å². The first-order chi connectivity index (χ1) is 22.7. The highest BCUT2D eigenvalue weighted by atomic mass is 16.3. The standard InChI is InChI=1S/C33H40N8O7/c1-18(27(42)28(34)43)36-31(46)25-15-21(41-26(16-35-39-41)33(2,3)48)17-40(25)32(47)24(13-19-9-5-4-6-10-19)38-30(45)23-14-20-11-7-8-12-22(20)29(44)37-23/h7-8,11-12,14,16,18-19,21,25,48H,4-6,9-10,13,15,17H2,1-3H3,(H2,34,43)(H,36,46)(H,37,44)/t18?,21-,25-/m0/s1. The summed E-state index contributed by atoms with van der Waals surface area (Å²) in [4.78, 5) is 86.2. The van der Waals surface area contributed by atoms with Gasteiger partial charge >= 0.3 is 0 Å². The fourth-order valence-electron chi connectivity index (χ4n) is 6.52. The maximum absolute atomic E-state index is 14.5. The van der Waals surface area contributed by atoms with Gasteiger partial charge in [-0.15, -0.1) is 5.10 Å². The van der Waals surface area contributed by atoms with E-state index in [-0.39, 0.29) is 36.7 Å². The number of carbonyl (C=O) groups excluding carboxylic acids is 5. The number of aliphatic hydroxyl groups is 1. The Morgan fingerprint density at radius 3 is 2.54 bits per heavy atom. The molecule has 1 aliphatic heterocycles. The highest BCUT2D eigenvalue weighted by Crippen LogP contribution is 2.33. The average Bonchev–Trinajstić information content (AvgIpc) is 3.72. The van der Waals surface area contributed by atoms with Gasteiger partial charge in [0.15, 0.2) is 0 Å². The molecule has 254 valence electrons. The Bertz CT molecular complexity index is 1830. The third-order valence-corrected chi connectivity index (χ3v) is 9.06. The number of nitrogens with two attached hydrogens (primary N) is 1. The van der Waals surface area contributed by atoms with E-state index in [4.69, 9.17) is 5.73 Å². The molecule has 2 fully saturated rings. The zero-order valence-corrected chi connectivity index (χ0v) is 27.1. The summed E-state index contributed by atoms with van der Waals surface area (Å²) in [6.07, 6.45) is 6.25. The van der Waals surface area contributed by atoms with E-state index in [0.29, 0.717) is 16.5 Å². The lowest BCUT2D eigenvalue weighted by molar-refractivity contribution is -0.139. The van der Waals surface area contributed by atoms with Crippen LogP contribution in [0.25, 0.3) is 10.8 Å². The summed E-state index contributed by atoms with van der Waals surface area (Å²) in [5.41, 5.74) is 3.51. The van der Waals surface area contributed by atoms with Gasteiger partial charge in [-0.25, -0.2) is 9.67 Å². The number of pyridine rings is 1. The topological polar surface area (TPSA) is 223 Å². The summed E-state index contributed by atoms with van der Waals surface area (Å²) < 4.78 is 1.45. The van der Waals surface area contributed by atoms with E-state index in [9.17, 15) is 33.9 Å². The summed E-state index contributed by atoms with van der Waals surface area (Å²) >= 11 is 0. The second-order valence-electron chi connectivity index (χ2n) is 13.1. The Kier molecular flexibility index (Phi) is 9.98. The van der Waals surface area contributed by atoms with Crippen molar-refractivity contribution in [1.29, 1.82) is 0 Å². The van der Waals surface area contributed by atoms with Gasteiger partial charge in [0.25, 0.3) is 23.3 Å². The minimum Gasteiger partial charge on any atom is -0.384 e. The van der Waals surface area contributed by atoms with Crippen LogP contribution in [0.1, 0.15) is 87.9 Å². The first-order valence-corrected chi connectivity index (χ1v) is 16.1. The number of hydrogen-bond acceptors (Lipinski definition) is 9. The van der Waals surface area contributed by atoms with Gasteiger partial charge in [0.2, 0.25) is 11.7 Å². The minimum atomic E-state index is -1.35. The Hall–Kier alpha value is -5.05. The van der Waals surface area contributed by atoms with Crippen molar-refractivity contribution in [3.05, 3.63) is 58.3 Å². The van der Waals surface area contributed by atoms with E-state index >= 15 is 0 Å². The number of carbonyl (C=O) groups is 5. The van der Waals surface area contributed by atoms with Crippen LogP contribution in [0, 0.1) is 5.92 Å². The number of primary amides is 1. The van der Waals surface area contributed by atoms with Crippen LogP contribution >= 0.6 is 0 Å². The molecule has 1 aliphatic carbocycles. The maximum atomic E-state index is 14.5. The summed E-state index contributed by atoms with van der Waals surface area (Å²) in [6.45, 7) is 4.36. The number of benzene rings is 1. The SMILES string of the molecule is CC(NC(=O)[C@@H]1C[C@H](n2nncc2C(C)(C)O)CN1C(=O)C(CC1CCCCC1)=NC(=O)c1cc2ccccc2c(=O)[nH]1)C(=O)C(N)=O. The van der Waals surface area contributed by atoms with Crippen molar-refractivity contribution in [3.63, 3.8) is 0 Å². The monoisotopic (exact) mass is 660 g/mol. The Morgan fingerprint density at radius 1 is 1.15 bits per heavy atom. The van der Waals surface area contributed by atoms with Crippen molar-refractivity contribution in [2.24, 2.45) is 16.6 Å². The van der Waals surface area contributed by atoms with Gasteiger partial charge in [0.05, 0.1) is 24.0 Å². The molecule has 5 N–H and O–H groups in total. The Labute approximate surface area is 276 Å².